The number of methoxy groups -OCH3 is 1. The van der Waals surface area contributed by atoms with Crippen molar-refractivity contribution in [1.29, 1.82) is 0 Å². The van der Waals surface area contributed by atoms with Crippen LogP contribution in [0.3, 0.4) is 0 Å². The number of nitrogens with zero attached hydrogens (tertiary/aromatic N) is 4. The van der Waals surface area contributed by atoms with E-state index in [4.69, 9.17) is 4.74 Å². The number of unbranched alkanes of at least 4 members (excludes halogenated alkanes) is 14. The molecule has 3 N–H and O–H groups in total. The van der Waals surface area contributed by atoms with Gasteiger partial charge in [-0.1, -0.05) is 251 Å². The minimum atomic E-state index is -4.00. The molecule has 29 heteroatoms. The van der Waals surface area contributed by atoms with Gasteiger partial charge in [0, 0.05) is 80.3 Å². The summed E-state index contributed by atoms with van der Waals surface area (Å²) in [5.74, 6) is 0. The SMILES string of the molecule is CC/C=C\C/C=C\C/C=C\C/C=C\C/C=C\C/C=C\CCC=NS(=O)(=O)c1cc2c(s1)S(=O)(=O)N(CCCOC)C[C@@H]2NCC.CC/C=C\C/C=C\C/C=C\C/C=C\C/C=C\C/C=C\CCC=NS(=O)(=O)c1cc2c(s1)S(=O)(=O)[C@@H](C)C[C@@H]2NCC.CCCCCCCC/C=C/CCCCCCCC=NS(=O)(=O)c1cc2c(s1)S(=O)(=O)[C@@H](C)C[C@@H]2NCC. The van der Waals surface area contributed by atoms with Gasteiger partial charge in [0.25, 0.3) is 40.1 Å². The Bertz CT molecular complexity index is 4760. The maximum atomic E-state index is 13.3. The van der Waals surface area contributed by atoms with Gasteiger partial charge in [-0.15, -0.1) is 34.0 Å². The number of likely N-dealkylation sites (N-methyl/N-ethyl adjacent to an activating group) is 1. The van der Waals surface area contributed by atoms with E-state index in [1.165, 1.54) is 98.9 Å². The minimum Gasteiger partial charge on any atom is -0.385 e. The molecule has 0 saturated heterocycles. The van der Waals surface area contributed by atoms with Gasteiger partial charge in [0.15, 0.2) is 19.7 Å². The maximum Gasteiger partial charge on any atom is 0.291 e. The molecule has 0 saturated carbocycles. The van der Waals surface area contributed by atoms with Crippen LogP contribution in [0.4, 0.5) is 0 Å². The molecule has 20 nitrogen and oxygen atoms in total. The van der Waals surface area contributed by atoms with Crippen LogP contribution in [0.25, 0.3) is 0 Å². The fourth-order valence-corrected chi connectivity index (χ4v) is 27.9. The van der Waals surface area contributed by atoms with Crippen molar-refractivity contribution < 1.29 is 55.2 Å². The summed E-state index contributed by atoms with van der Waals surface area (Å²) in [6.07, 6.45) is 92.1. The van der Waals surface area contributed by atoms with E-state index in [1.807, 2.05) is 39.0 Å². The van der Waals surface area contributed by atoms with Crippen molar-refractivity contribution in [3.8, 4) is 0 Å². The number of allylic oxidation sites excluding steroid dienone is 26. The van der Waals surface area contributed by atoms with Crippen LogP contribution in [0, 0.1) is 0 Å². The third kappa shape index (κ3) is 41.9. The van der Waals surface area contributed by atoms with Crippen molar-refractivity contribution in [2.24, 2.45) is 13.2 Å². The monoisotopic (exact) mass is 1870 g/mol. The number of ether oxygens (including phenoxy) is 1. The Hall–Kier alpha value is -5.77. The summed E-state index contributed by atoms with van der Waals surface area (Å²) >= 11 is 2.42. The number of rotatable bonds is 59. The lowest BCUT2D eigenvalue weighted by molar-refractivity contribution is 0.185. The number of sulfone groups is 2. The molecule has 5 atom stereocenters. The van der Waals surface area contributed by atoms with Crippen molar-refractivity contribution >= 4 is 112 Å². The molecule has 0 aliphatic carbocycles. The molecule has 3 aromatic heterocycles. The highest BCUT2D eigenvalue weighted by Gasteiger charge is 2.43. The first kappa shape index (κ1) is 110. The number of thiophene rings is 3. The van der Waals surface area contributed by atoms with Gasteiger partial charge >= 0.3 is 0 Å². The highest BCUT2D eigenvalue weighted by atomic mass is 32.3. The predicted octanol–water partition coefficient (Wildman–Crippen LogP) is 23.6. The first-order chi connectivity index (χ1) is 59.2. The van der Waals surface area contributed by atoms with E-state index in [1.54, 1.807) is 21.0 Å². The average molecular weight is 1870 g/mol. The van der Waals surface area contributed by atoms with Crippen molar-refractivity contribution in [3.63, 3.8) is 0 Å². The Morgan fingerprint density at radius 2 is 0.667 bits per heavy atom. The Balaban J connectivity index is 0.000000389. The first-order valence-electron chi connectivity index (χ1n) is 44.6. The molecular weight excluding hydrogens is 1720 g/mol. The molecule has 0 radical (unpaired) electrons. The normalized spacial score (nSPS) is 19.1. The molecule has 0 aromatic carbocycles. The second-order valence-electron chi connectivity index (χ2n) is 30.3. The van der Waals surface area contributed by atoms with Gasteiger partial charge in [-0.25, -0.2) is 25.3 Å². The van der Waals surface area contributed by atoms with E-state index in [0.29, 0.717) is 101 Å². The summed E-state index contributed by atoms with van der Waals surface area (Å²) in [5, 5.41) is 8.74. The third-order valence-electron chi connectivity index (χ3n) is 20.1. The molecule has 6 heterocycles. The molecule has 123 heavy (non-hydrogen) atoms. The third-order valence-corrected chi connectivity index (χ3v) is 36.7. The minimum absolute atomic E-state index is 0.0128. The van der Waals surface area contributed by atoms with Gasteiger partial charge in [-0.05, 0) is 212 Å². The zero-order valence-corrected chi connectivity index (χ0v) is 82.1. The lowest BCUT2D eigenvalue weighted by atomic mass is 10.1. The summed E-state index contributed by atoms with van der Waals surface area (Å²) in [5.41, 5.74) is 1.61. The Kier molecular flexibility index (Phi) is 56.3. The average Bonchev–Trinajstić information content (AvgIpc) is 1.64. The zero-order chi connectivity index (χ0) is 89.9. The molecule has 3 aliphatic heterocycles. The molecule has 0 spiro atoms. The van der Waals surface area contributed by atoms with Gasteiger partial charge in [0.05, 0.1) is 10.5 Å². The molecule has 3 aliphatic rings. The second-order valence-corrected chi connectivity index (χ2v) is 46.3. The fourth-order valence-electron chi connectivity index (χ4n) is 13.3. The van der Waals surface area contributed by atoms with Crippen LogP contribution in [0.2, 0.25) is 0 Å². The quantitative estimate of drug-likeness (QED) is 0.0269. The van der Waals surface area contributed by atoms with Gasteiger partial charge < -0.3 is 20.7 Å². The fraction of sp³-hybridized carbons (Fsp3) is 0.564. The number of fused-ring (bicyclic) bond motifs is 3. The molecule has 0 fully saturated rings. The van der Waals surface area contributed by atoms with Crippen LogP contribution in [-0.4, -0.2) is 130 Å². The van der Waals surface area contributed by atoms with Gasteiger partial charge in [0.1, 0.15) is 25.3 Å². The highest BCUT2D eigenvalue weighted by molar-refractivity contribution is 7.97. The Morgan fingerprint density at radius 1 is 0.374 bits per heavy atom. The van der Waals surface area contributed by atoms with Crippen molar-refractivity contribution in [1.82, 2.24) is 20.3 Å². The maximum absolute atomic E-state index is 13.3. The summed E-state index contributed by atoms with van der Waals surface area (Å²) in [7, 11) is -21.1. The van der Waals surface area contributed by atoms with Crippen molar-refractivity contribution in [2.45, 2.75) is 321 Å². The Labute approximate surface area is 755 Å². The molecule has 0 amide bonds. The summed E-state index contributed by atoms with van der Waals surface area (Å²) in [6.45, 7) is 18.7. The smallest absolute Gasteiger partial charge is 0.291 e. The van der Waals surface area contributed by atoms with Gasteiger partial charge in [0.2, 0.25) is 0 Å². The van der Waals surface area contributed by atoms with Crippen LogP contribution in [0.15, 0.2) is 215 Å². The topological polar surface area (TPSA) is 290 Å². The largest absolute Gasteiger partial charge is 0.385 e. The molecule has 688 valence electrons. The molecule has 0 bridgehead atoms. The standard InChI is InChI=1S/C34H51N3O5S3.C32H46N2O4S3.C28H48N2O4S3/c1-4-6-7-8-9-10-11-12-13-14-15-16-17-18-19-20-21-22-23-24-26-36-44(38,39)33-29-31-32(35-5-2)30-37(27-25-28-42-3)45(40,41)34(31)43-33;1-4-6-7-8-9-10-11-12-13-14-15-16-17-18-19-20-21-22-23-24-25-34-41(37,38)31-27-29-30(33-5-2)26-28(3)40(35,36)32(29)39-31;1-4-6-7-8-9-10-11-12-13-14-15-16-17-18-19-20-21-30-37(33,34)27-23-25-26(29-5-2)22-24(3)36(31,32)28(25)35-27/h6-7,9-10,12-13,15-16,18-19,21-22,26,29,32,35H,4-5,8,11,14,17,20,23-25,27-28,30H2,1-3H3;6-7,9-10,12-13,15-16,18-19,21-22,25,27-28,30,33H,4-5,8,11,14,17,20,23-24,26H2,1-3H3;12-13,21,23-24,26,29H,4-11,14-20,22H2,1-3H3/b7-6-,10-9-,13-12-,16-15-,19-18-,22-21-,36-26?;7-6-,10-9-,13-12-,16-15-,19-18-,22-21-,34-25?;13-12+,30-21?/t32-;28-,30-;24-,26-/m000/s1. The van der Waals surface area contributed by atoms with E-state index in [0.717, 1.165) is 137 Å². The van der Waals surface area contributed by atoms with E-state index < -0.39 is 70.3 Å². The molecule has 0 unspecified atom stereocenters. The van der Waals surface area contributed by atoms with E-state index in [9.17, 15) is 50.5 Å². The van der Waals surface area contributed by atoms with Crippen molar-refractivity contribution in [3.05, 3.63) is 193 Å². The van der Waals surface area contributed by atoms with Crippen molar-refractivity contribution in [2.75, 3.05) is 46.4 Å². The molecular formula is C94H145N7O13S9. The highest BCUT2D eigenvalue weighted by Crippen LogP contribution is 2.46. The summed E-state index contributed by atoms with van der Waals surface area (Å²) < 4.78 is 173. The summed E-state index contributed by atoms with van der Waals surface area (Å²) in [4.78, 5) is 0. The van der Waals surface area contributed by atoms with E-state index >= 15 is 0 Å². The van der Waals surface area contributed by atoms with Crippen LogP contribution in [-0.2, 0) is 64.5 Å². The first-order valence-corrected chi connectivity index (χ1v) is 55.9. The van der Waals surface area contributed by atoms with E-state index in [2.05, 4.69) is 190 Å². The molecule has 6 rings (SSSR count). The van der Waals surface area contributed by atoms with Crippen LogP contribution in [0.1, 0.15) is 302 Å². The summed E-state index contributed by atoms with van der Waals surface area (Å²) in [6, 6.07) is 3.84. The number of sulfonamides is 4. The van der Waals surface area contributed by atoms with Crippen LogP contribution >= 0.6 is 34.0 Å². The van der Waals surface area contributed by atoms with Gasteiger partial charge in [-0.2, -0.15) is 42.8 Å². The number of nitrogens with one attached hydrogen (secondary N) is 3. The Morgan fingerprint density at radius 3 is 1.01 bits per heavy atom. The van der Waals surface area contributed by atoms with E-state index in [-0.39, 0.29) is 49.9 Å². The lowest BCUT2D eigenvalue weighted by Gasteiger charge is -2.32. The zero-order valence-electron chi connectivity index (χ0n) is 74.7. The number of hydrogen-bond donors (Lipinski definition) is 3. The predicted molar refractivity (Wildman–Crippen MR) is 521 cm³/mol. The number of hydrogen-bond acceptors (Lipinski definition) is 19. The van der Waals surface area contributed by atoms with Crippen LogP contribution in [0.5, 0.6) is 0 Å². The lowest BCUT2D eigenvalue weighted by Crippen LogP contribution is -2.43. The van der Waals surface area contributed by atoms with Gasteiger partial charge in [-0.3, -0.25) is 0 Å². The second kappa shape index (κ2) is 63.2. The molecule has 3 aromatic rings. The van der Waals surface area contributed by atoms with Crippen LogP contribution < -0.4 is 16.0 Å².